The highest BCUT2D eigenvalue weighted by Crippen LogP contribution is 2.25. The minimum Gasteiger partial charge on any atom is -0.497 e. The molecular formula is C16H23ClF2N2O3. The molecule has 1 unspecified atom stereocenters. The van der Waals surface area contributed by atoms with E-state index in [-0.39, 0.29) is 30.6 Å². The van der Waals surface area contributed by atoms with Crippen molar-refractivity contribution in [2.75, 3.05) is 20.2 Å². The van der Waals surface area contributed by atoms with Crippen molar-refractivity contribution in [3.05, 3.63) is 23.8 Å². The third-order valence-electron chi connectivity index (χ3n) is 3.90. The van der Waals surface area contributed by atoms with E-state index < -0.39 is 6.61 Å². The highest BCUT2D eigenvalue weighted by Gasteiger charge is 2.16. The Morgan fingerprint density at radius 2 is 2.25 bits per heavy atom. The van der Waals surface area contributed by atoms with Crippen molar-refractivity contribution in [2.24, 2.45) is 5.92 Å². The number of rotatable bonds is 8. The zero-order valence-corrected chi connectivity index (χ0v) is 14.3. The minimum absolute atomic E-state index is 0. The van der Waals surface area contributed by atoms with Gasteiger partial charge in [0.15, 0.2) is 0 Å². The van der Waals surface area contributed by atoms with Gasteiger partial charge in [-0.2, -0.15) is 8.78 Å². The first-order valence-corrected chi connectivity index (χ1v) is 7.67. The molecule has 0 saturated carbocycles. The molecular weight excluding hydrogens is 342 g/mol. The Balaban J connectivity index is 0.00000288. The second-order valence-corrected chi connectivity index (χ2v) is 5.53. The van der Waals surface area contributed by atoms with E-state index >= 15 is 0 Å². The normalized spacial score (nSPS) is 16.6. The van der Waals surface area contributed by atoms with Crippen molar-refractivity contribution in [2.45, 2.75) is 32.4 Å². The maximum absolute atomic E-state index is 12.4. The molecule has 5 nitrogen and oxygen atoms in total. The van der Waals surface area contributed by atoms with Crippen molar-refractivity contribution >= 4 is 18.3 Å². The van der Waals surface area contributed by atoms with Crippen LogP contribution in [0.1, 0.15) is 24.8 Å². The van der Waals surface area contributed by atoms with Gasteiger partial charge in [-0.25, -0.2) is 0 Å². The first-order chi connectivity index (χ1) is 11.1. The number of hydrogen-bond acceptors (Lipinski definition) is 4. The number of benzene rings is 1. The Labute approximate surface area is 146 Å². The van der Waals surface area contributed by atoms with Gasteiger partial charge in [-0.1, -0.05) is 0 Å². The number of alkyl halides is 2. The summed E-state index contributed by atoms with van der Waals surface area (Å²) in [5, 5.41) is 6.01. The van der Waals surface area contributed by atoms with Gasteiger partial charge >= 0.3 is 6.61 Å². The average molecular weight is 365 g/mol. The summed E-state index contributed by atoms with van der Waals surface area (Å²) in [7, 11) is 1.49. The van der Waals surface area contributed by atoms with Crippen LogP contribution in [-0.2, 0) is 11.3 Å². The van der Waals surface area contributed by atoms with Gasteiger partial charge < -0.3 is 20.1 Å². The Bertz CT molecular complexity index is 526. The van der Waals surface area contributed by atoms with E-state index in [1.54, 1.807) is 6.07 Å². The molecule has 1 saturated heterocycles. The van der Waals surface area contributed by atoms with E-state index in [0.29, 0.717) is 23.7 Å². The van der Waals surface area contributed by atoms with Gasteiger partial charge in [0.2, 0.25) is 5.91 Å². The second kappa shape index (κ2) is 10.3. The van der Waals surface area contributed by atoms with Crippen molar-refractivity contribution in [3.63, 3.8) is 0 Å². The topological polar surface area (TPSA) is 59.6 Å². The number of nitrogens with one attached hydrogen (secondary N) is 2. The monoisotopic (exact) mass is 364 g/mol. The molecule has 1 fully saturated rings. The predicted molar refractivity (Wildman–Crippen MR) is 88.9 cm³/mol. The van der Waals surface area contributed by atoms with Gasteiger partial charge in [0.05, 0.1) is 7.11 Å². The number of carbonyl (C=O) groups excluding carboxylic acids is 1. The van der Waals surface area contributed by atoms with Crippen molar-refractivity contribution in [1.82, 2.24) is 10.6 Å². The number of carbonyl (C=O) groups is 1. The largest absolute Gasteiger partial charge is 0.497 e. The summed E-state index contributed by atoms with van der Waals surface area (Å²) in [6.45, 7) is -0.825. The van der Waals surface area contributed by atoms with Gasteiger partial charge in [-0.3, -0.25) is 4.79 Å². The van der Waals surface area contributed by atoms with Gasteiger partial charge in [0, 0.05) is 18.5 Å². The molecule has 1 heterocycles. The van der Waals surface area contributed by atoms with Gasteiger partial charge in [0.25, 0.3) is 0 Å². The van der Waals surface area contributed by atoms with Crippen molar-refractivity contribution in [1.29, 1.82) is 0 Å². The maximum atomic E-state index is 12.4. The van der Waals surface area contributed by atoms with E-state index in [9.17, 15) is 13.6 Å². The smallest absolute Gasteiger partial charge is 0.387 e. The lowest BCUT2D eigenvalue weighted by Gasteiger charge is -2.13. The van der Waals surface area contributed by atoms with E-state index in [0.717, 1.165) is 25.9 Å². The van der Waals surface area contributed by atoms with E-state index in [4.69, 9.17) is 4.74 Å². The summed E-state index contributed by atoms with van der Waals surface area (Å²) in [6, 6.07) is 4.53. The Kier molecular flexibility index (Phi) is 8.78. The first kappa shape index (κ1) is 20.4. The van der Waals surface area contributed by atoms with Crippen LogP contribution >= 0.6 is 12.4 Å². The molecule has 0 spiro atoms. The number of hydrogen-bond donors (Lipinski definition) is 2. The molecule has 0 bridgehead atoms. The van der Waals surface area contributed by atoms with E-state index in [2.05, 4.69) is 15.4 Å². The summed E-state index contributed by atoms with van der Waals surface area (Å²) >= 11 is 0. The molecule has 0 radical (unpaired) electrons. The molecule has 1 amide bonds. The molecule has 1 aromatic carbocycles. The molecule has 2 rings (SSSR count). The zero-order chi connectivity index (χ0) is 16.7. The van der Waals surface area contributed by atoms with Gasteiger partial charge in [-0.05, 0) is 50.0 Å². The molecule has 0 aromatic heterocycles. The summed E-state index contributed by atoms with van der Waals surface area (Å²) in [6.07, 6.45) is 2.36. The van der Waals surface area contributed by atoms with E-state index in [1.807, 2.05) is 0 Å². The van der Waals surface area contributed by atoms with Crippen LogP contribution < -0.4 is 20.1 Å². The Hall–Kier alpha value is -1.60. The fourth-order valence-electron chi connectivity index (χ4n) is 2.61. The zero-order valence-electron chi connectivity index (χ0n) is 13.5. The maximum Gasteiger partial charge on any atom is 0.387 e. The van der Waals surface area contributed by atoms with Crippen LogP contribution in [0.4, 0.5) is 8.78 Å². The Morgan fingerprint density at radius 1 is 1.46 bits per heavy atom. The van der Waals surface area contributed by atoms with Crippen LogP contribution in [0, 0.1) is 5.92 Å². The van der Waals surface area contributed by atoms with Crippen LogP contribution in [0.5, 0.6) is 11.5 Å². The van der Waals surface area contributed by atoms with Gasteiger partial charge in [-0.15, -0.1) is 12.4 Å². The number of ether oxygens (including phenoxy) is 2. The highest BCUT2D eigenvalue weighted by atomic mass is 35.5. The standard InChI is InChI=1S/C16H22F2N2O3.ClH/c1-22-13-3-4-14(23-16(17)18)12(8-13)10-20-15(21)5-2-11-6-7-19-9-11;/h3-4,8,11,16,19H,2,5-7,9-10H2,1H3,(H,20,21);1H. The fraction of sp³-hybridized carbons (Fsp3) is 0.562. The first-order valence-electron chi connectivity index (χ1n) is 7.67. The lowest BCUT2D eigenvalue weighted by Crippen LogP contribution is -2.24. The van der Waals surface area contributed by atoms with Gasteiger partial charge in [0.1, 0.15) is 11.5 Å². The molecule has 1 aliphatic heterocycles. The summed E-state index contributed by atoms with van der Waals surface area (Å²) in [5.41, 5.74) is 0.459. The molecule has 8 heteroatoms. The molecule has 1 aliphatic rings. The van der Waals surface area contributed by atoms with Crippen molar-refractivity contribution < 1.29 is 23.0 Å². The molecule has 2 N–H and O–H groups in total. The van der Waals surface area contributed by atoms with Crippen molar-refractivity contribution in [3.8, 4) is 11.5 Å². The van der Waals surface area contributed by atoms with Crippen LogP contribution in [0.2, 0.25) is 0 Å². The van der Waals surface area contributed by atoms with Crippen LogP contribution in [-0.4, -0.2) is 32.7 Å². The Morgan fingerprint density at radius 3 is 2.88 bits per heavy atom. The van der Waals surface area contributed by atoms with Crippen LogP contribution in [0.3, 0.4) is 0 Å². The summed E-state index contributed by atoms with van der Waals surface area (Å²) < 4.78 is 34.4. The second-order valence-electron chi connectivity index (χ2n) is 5.53. The average Bonchev–Trinajstić information content (AvgIpc) is 3.05. The number of halogens is 3. The third-order valence-corrected chi connectivity index (χ3v) is 3.90. The fourth-order valence-corrected chi connectivity index (χ4v) is 2.61. The molecule has 24 heavy (non-hydrogen) atoms. The molecule has 1 atom stereocenters. The molecule has 136 valence electrons. The summed E-state index contributed by atoms with van der Waals surface area (Å²) in [5.74, 6) is 1.01. The number of methoxy groups -OCH3 is 1. The van der Waals surface area contributed by atoms with E-state index in [1.165, 1.54) is 19.2 Å². The predicted octanol–water partition coefficient (Wildman–Crippen LogP) is 2.72. The third kappa shape index (κ3) is 6.49. The minimum atomic E-state index is -2.91. The molecule has 1 aromatic rings. The summed E-state index contributed by atoms with van der Waals surface area (Å²) in [4.78, 5) is 11.9. The van der Waals surface area contributed by atoms with Crippen LogP contribution in [0.25, 0.3) is 0 Å². The lowest BCUT2D eigenvalue weighted by atomic mass is 10.0. The highest BCUT2D eigenvalue weighted by molar-refractivity contribution is 5.85. The molecule has 0 aliphatic carbocycles. The quantitative estimate of drug-likeness (QED) is 0.744. The SMILES string of the molecule is COc1ccc(OC(F)F)c(CNC(=O)CCC2CCNC2)c1.Cl. The number of amides is 1. The van der Waals surface area contributed by atoms with Crippen LogP contribution in [0.15, 0.2) is 18.2 Å². The lowest BCUT2D eigenvalue weighted by molar-refractivity contribution is -0.121.